The van der Waals surface area contributed by atoms with Crippen molar-refractivity contribution in [3.63, 3.8) is 0 Å². The number of fused-ring (bicyclic) bond motifs is 1. The van der Waals surface area contributed by atoms with Gasteiger partial charge in [-0.2, -0.15) is 0 Å². The third kappa shape index (κ3) is 4.34. The summed E-state index contributed by atoms with van der Waals surface area (Å²) < 4.78 is 29.1. The quantitative estimate of drug-likeness (QED) is 0.610. The molecule has 7 nitrogen and oxygen atoms in total. The van der Waals surface area contributed by atoms with Gasteiger partial charge < -0.3 is 19.7 Å². The molecule has 2 atom stereocenters. The van der Waals surface area contributed by atoms with E-state index in [4.69, 9.17) is 0 Å². The standard InChI is InChI=1S/C23H23F2N3O4/c24-15-8-7-14(17(25)10-15)11-27-12-16(22-19(27)5-3-9-26-22)23(32)28(13-21(30)31)18-4-1-2-6-20(18)29/h3,5,7-10,12,18,20,29H,1-2,4,6,11,13H2,(H,30,31)/t18-,20-/m0/s1. The Morgan fingerprint density at radius 3 is 2.69 bits per heavy atom. The van der Waals surface area contributed by atoms with E-state index in [1.54, 1.807) is 16.7 Å². The van der Waals surface area contributed by atoms with Crippen LogP contribution in [0.1, 0.15) is 41.6 Å². The molecule has 1 aliphatic rings. The molecule has 9 heteroatoms. The van der Waals surface area contributed by atoms with Gasteiger partial charge in [-0.15, -0.1) is 0 Å². The van der Waals surface area contributed by atoms with Gasteiger partial charge >= 0.3 is 5.97 Å². The van der Waals surface area contributed by atoms with E-state index < -0.39 is 42.2 Å². The minimum Gasteiger partial charge on any atom is -0.480 e. The summed E-state index contributed by atoms with van der Waals surface area (Å²) in [6.45, 7) is -0.515. The third-order valence-electron chi connectivity index (χ3n) is 5.88. The SMILES string of the molecule is O=C(O)CN(C(=O)c1cn(Cc2ccc(F)cc2F)c2cccnc12)[C@H]1CCCC[C@@H]1O. The second kappa shape index (κ2) is 9.04. The van der Waals surface area contributed by atoms with E-state index in [1.165, 1.54) is 23.4 Å². The van der Waals surface area contributed by atoms with E-state index in [0.717, 1.165) is 25.0 Å². The second-order valence-electron chi connectivity index (χ2n) is 8.02. The minimum atomic E-state index is -1.18. The fourth-order valence-electron chi connectivity index (χ4n) is 4.34. The number of amides is 1. The zero-order valence-electron chi connectivity index (χ0n) is 17.2. The maximum atomic E-state index is 14.2. The van der Waals surface area contributed by atoms with Gasteiger partial charge in [-0.1, -0.05) is 18.9 Å². The number of rotatable bonds is 6. The number of benzene rings is 1. The number of aliphatic carboxylic acids is 1. The van der Waals surface area contributed by atoms with Gasteiger partial charge in [-0.25, -0.2) is 8.78 Å². The van der Waals surface area contributed by atoms with Crippen LogP contribution in [-0.4, -0.2) is 55.2 Å². The van der Waals surface area contributed by atoms with Gasteiger partial charge in [0.15, 0.2) is 0 Å². The number of halogens is 2. The summed E-state index contributed by atoms with van der Waals surface area (Å²) >= 11 is 0. The molecule has 3 aromatic rings. The predicted molar refractivity (Wildman–Crippen MR) is 112 cm³/mol. The average Bonchev–Trinajstić information content (AvgIpc) is 3.12. The Morgan fingerprint density at radius 2 is 1.97 bits per heavy atom. The number of aliphatic hydroxyl groups excluding tert-OH is 1. The van der Waals surface area contributed by atoms with Crippen molar-refractivity contribution in [1.82, 2.24) is 14.5 Å². The number of carboxylic acids is 1. The summed E-state index contributed by atoms with van der Waals surface area (Å²) in [4.78, 5) is 30.5. The maximum Gasteiger partial charge on any atom is 0.323 e. The van der Waals surface area contributed by atoms with Gasteiger partial charge in [0, 0.05) is 24.0 Å². The van der Waals surface area contributed by atoms with Crippen LogP contribution in [0.15, 0.2) is 42.7 Å². The Labute approximate surface area is 182 Å². The molecule has 0 spiro atoms. The molecule has 1 saturated carbocycles. The number of hydrogen-bond donors (Lipinski definition) is 2. The highest BCUT2D eigenvalue weighted by molar-refractivity contribution is 6.06. The van der Waals surface area contributed by atoms with Crippen LogP contribution in [0.5, 0.6) is 0 Å². The molecule has 32 heavy (non-hydrogen) atoms. The van der Waals surface area contributed by atoms with Gasteiger partial charge in [-0.3, -0.25) is 14.6 Å². The summed E-state index contributed by atoms with van der Waals surface area (Å²) in [7, 11) is 0. The van der Waals surface area contributed by atoms with Gasteiger partial charge in [0.05, 0.1) is 29.8 Å². The molecule has 1 aromatic carbocycles. The Hall–Kier alpha value is -3.33. The highest BCUT2D eigenvalue weighted by atomic mass is 19.1. The van der Waals surface area contributed by atoms with E-state index >= 15 is 0 Å². The Kier molecular flexibility index (Phi) is 6.18. The molecular weight excluding hydrogens is 420 g/mol. The van der Waals surface area contributed by atoms with Crippen LogP contribution in [0.4, 0.5) is 8.78 Å². The smallest absolute Gasteiger partial charge is 0.323 e. The van der Waals surface area contributed by atoms with E-state index in [1.807, 2.05) is 0 Å². The normalized spacial score (nSPS) is 18.6. The number of nitrogens with zero attached hydrogens (tertiary/aromatic N) is 3. The molecule has 1 amide bonds. The molecule has 2 N–H and O–H groups in total. The molecule has 168 valence electrons. The number of pyridine rings is 1. The molecular formula is C23H23F2N3O4. The summed E-state index contributed by atoms with van der Waals surface area (Å²) in [5.41, 5.74) is 1.30. The Bertz CT molecular complexity index is 1160. The molecule has 4 rings (SSSR count). The molecule has 0 bridgehead atoms. The molecule has 0 aliphatic heterocycles. The molecule has 0 unspecified atom stereocenters. The molecule has 2 aromatic heterocycles. The van der Waals surface area contributed by atoms with Crippen LogP contribution in [0, 0.1) is 11.6 Å². The summed E-state index contributed by atoms with van der Waals surface area (Å²) in [6, 6.07) is 6.08. The molecule has 0 saturated heterocycles. The lowest BCUT2D eigenvalue weighted by atomic mass is 9.91. The lowest BCUT2D eigenvalue weighted by Gasteiger charge is -2.36. The van der Waals surface area contributed by atoms with Gasteiger partial charge in [0.1, 0.15) is 23.7 Å². The van der Waals surface area contributed by atoms with E-state index in [0.29, 0.717) is 23.9 Å². The summed E-state index contributed by atoms with van der Waals surface area (Å²) in [6.07, 6.45) is 4.82. The van der Waals surface area contributed by atoms with Crippen molar-refractivity contribution >= 4 is 22.9 Å². The van der Waals surface area contributed by atoms with E-state index in [9.17, 15) is 28.6 Å². The van der Waals surface area contributed by atoms with Crippen LogP contribution in [0.25, 0.3) is 11.0 Å². The first-order chi connectivity index (χ1) is 15.3. The number of carbonyl (C=O) groups excluding carboxylic acids is 1. The monoisotopic (exact) mass is 443 g/mol. The largest absolute Gasteiger partial charge is 0.480 e. The average molecular weight is 443 g/mol. The number of hydrogen-bond acceptors (Lipinski definition) is 4. The Morgan fingerprint density at radius 1 is 1.19 bits per heavy atom. The zero-order valence-corrected chi connectivity index (χ0v) is 17.2. The topological polar surface area (TPSA) is 95.7 Å². The predicted octanol–water partition coefficient (Wildman–Crippen LogP) is 3.19. The fraction of sp³-hybridized carbons (Fsp3) is 0.348. The molecule has 1 fully saturated rings. The van der Waals surface area contributed by atoms with Crippen molar-refractivity contribution < 1.29 is 28.6 Å². The van der Waals surface area contributed by atoms with Gasteiger partial charge in [-0.05, 0) is 31.0 Å². The van der Waals surface area contributed by atoms with Crippen LogP contribution in [-0.2, 0) is 11.3 Å². The van der Waals surface area contributed by atoms with Crippen molar-refractivity contribution in [2.45, 2.75) is 44.4 Å². The first-order valence-corrected chi connectivity index (χ1v) is 10.4. The van der Waals surface area contributed by atoms with Crippen molar-refractivity contribution in [1.29, 1.82) is 0 Å². The van der Waals surface area contributed by atoms with Crippen LogP contribution in [0.3, 0.4) is 0 Å². The van der Waals surface area contributed by atoms with E-state index in [-0.39, 0.29) is 17.7 Å². The lowest BCUT2D eigenvalue weighted by molar-refractivity contribution is -0.139. The van der Waals surface area contributed by atoms with Crippen molar-refractivity contribution in [3.05, 3.63) is 65.5 Å². The molecule has 2 heterocycles. The zero-order chi connectivity index (χ0) is 22.8. The third-order valence-corrected chi connectivity index (χ3v) is 5.88. The lowest BCUT2D eigenvalue weighted by Crippen LogP contribution is -2.50. The first-order valence-electron chi connectivity index (χ1n) is 10.4. The first kappa shape index (κ1) is 21.9. The fourth-order valence-corrected chi connectivity index (χ4v) is 4.34. The van der Waals surface area contributed by atoms with Crippen molar-refractivity contribution in [2.24, 2.45) is 0 Å². The van der Waals surface area contributed by atoms with Crippen LogP contribution >= 0.6 is 0 Å². The van der Waals surface area contributed by atoms with Crippen LogP contribution < -0.4 is 0 Å². The minimum absolute atomic E-state index is 0.0343. The number of aliphatic hydroxyl groups is 1. The number of carboxylic acid groups (broad SMARTS) is 1. The second-order valence-corrected chi connectivity index (χ2v) is 8.02. The highest BCUT2D eigenvalue weighted by Gasteiger charge is 2.35. The summed E-state index contributed by atoms with van der Waals surface area (Å²) in [5, 5.41) is 19.8. The number of aromatic nitrogens is 2. The van der Waals surface area contributed by atoms with Crippen molar-refractivity contribution in [3.8, 4) is 0 Å². The van der Waals surface area contributed by atoms with E-state index in [2.05, 4.69) is 4.98 Å². The maximum absolute atomic E-state index is 14.2. The number of carbonyl (C=O) groups is 2. The molecule has 1 aliphatic carbocycles. The Balaban J connectivity index is 1.74. The summed E-state index contributed by atoms with van der Waals surface area (Å²) in [5.74, 6) is -3.13. The van der Waals surface area contributed by atoms with Gasteiger partial charge in [0.25, 0.3) is 5.91 Å². The van der Waals surface area contributed by atoms with Gasteiger partial charge in [0.2, 0.25) is 0 Å². The molecule has 0 radical (unpaired) electrons. The van der Waals surface area contributed by atoms with Crippen molar-refractivity contribution in [2.75, 3.05) is 6.54 Å². The van der Waals surface area contributed by atoms with Crippen LogP contribution in [0.2, 0.25) is 0 Å². The highest BCUT2D eigenvalue weighted by Crippen LogP contribution is 2.28.